The number of methoxy groups -OCH3 is 1. The van der Waals surface area contributed by atoms with Crippen LogP contribution in [0.15, 0.2) is 24.3 Å². The van der Waals surface area contributed by atoms with Crippen LogP contribution in [-0.2, 0) is 9.53 Å². The topological polar surface area (TPSA) is 88.7 Å². The third-order valence-corrected chi connectivity index (χ3v) is 2.24. The van der Waals surface area contributed by atoms with E-state index in [2.05, 4.69) is 16.2 Å². The maximum atomic E-state index is 11.6. The number of para-hydroxylation sites is 2. The summed E-state index contributed by atoms with van der Waals surface area (Å²) >= 11 is 0. The van der Waals surface area contributed by atoms with Crippen molar-refractivity contribution in [1.82, 2.24) is 10.7 Å². The number of amides is 2. The Morgan fingerprint density at radius 1 is 1.19 bits per heavy atom. The molecular formula is C14H21N3O4. The van der Waals surface area contributed by atoms with Gasteiger partial charge in [-0.05, 0) is 32.9 Å². The zero-order valence-corrected chi connectivity index (χ0v) is 12.6. The van der Waals surface area contributed by atoms with Crippen molar-refractivity contribution in [3.63, 3.8) is 0 Å². The summed E-state index contributed by atoms with van der Waals surface area (Å²) in [7, 11) is 1.53. The van der Waals surface area contributed by atoms with Gasteiger partial charge in [-0.1, -0.05) is 12.1 Å². The van der Waals surface area contributed by atoms with Crippen LogP contribution in [0.4, 0.5) is 10.5 Å². The van der Waals surface area contributed by atoms with E-state index in [1.54, 1.807) is 39.0 Å². The molecule has 1 aromatic carbocycles. The predicted octanol–water partition coefficient (Wildman–Crippen LogP) is 1.66. The molecule has 0 fully saturated rings. The lowest BCUT2D eigenvalue weighted by Crippen LogP contribution is -2.41. The number of benzene rings is 1. The zero-order valence-electron chi connectivity index (χ0n) is 12.6. The average molecular weight is 295 g/mol. The Morgan fingerprint density at radius 2 is 1.86 bits per heavy atom. The van der Waals surface area contributed by atoms with Gasteiger partial charge in [-0.3, -0.25) is 15.6 Å². The number of hydrazine groups is 1. The Hall–Kier alpha value is -2.44. The Balaban J connectivity index is 2.36. The first kappa shape index (κ1) is 16.6. The number of hydrogen-bond donors (Lipinski definition) is 3. The second-order valence-corrected chi connectivity index (χ2v) is 5.23. The fourth-order valence-corrected chi connectivity index (χ4v) is 1.40. The zero-order chi connectivity index (χ0) is 15.9. The molecule has 2 amide bonds. The van der Waals surface area contributed by atoms with Crippen molar-refractivity contribution in [3.8, 4) is 5.75 Å². The molecule has 3 N–H and O–H groups in total. The Bertz CT molecular complexity index is 497. The van der Waals surface area contributed by atoms with Crippen LogP contribution >= 0.6 is 0 Å². The first-order valence-corrected chi connectivity index (χ1v) is 6.46. The molecule has 21 heavy (non-hydrogen) atoms. The molecule has 0 aromatic heterocycles. The van der Waals surface area contributed by atoms with Gasteiger partial charge in [0.15, 0.2) is 0 Å². The van der Waals surface area contributed by atoms with E-state index in [0.717, 1.165) is 0 Å². The summed E-state index contributed by atoms with van der Waals surface area (Å²) in [6.07, 6.45) is -0.644. The second-order valence-electron chi connectivity index (χ2n) is 5.23. The quantitative estimate of drug-likeness (QED) is 0.719. The van der Waals surface area contributed by atoms with Gasteiger partial charge in [0.1, 0.15) is 17.9 Å². The van der Waals surface area contributed by atoms with Crippen LogP contribution in [-0.4, -0.2) is 31.3 Å². The lowest BCUT2D eigenvalue weighted by atomic mass is 10.2. The number of nitrogens with one attached hydrogen (secondary N) is 3. The van der Waals surface area contributed by atoms with Gasteiger partial charge < -0.3 is 14.8 Å². The summed E-state index contributed by atoms with van der Waals surface area (Å²) in [5.41, 5.74) is 5.19. The Labute approximate surface area is 124 Å². The average Bonchev–Trinajstić information content (AvgIpc) is 2.41. The highest BCUT2D eigenvalue weighted by atomic mass is 16.6. The highest BCUT2D eigenvalue weighted by molar-refractivity contribution is 5.83. The first-order chi connectivity index (χ1) is 9.81. The number of carbonyl (C=O) groups is 2. The predicted molar refractivity (Wildman–Crippen MR) is 79.0 cm³/mol. The highest BCUT2D eigenvalue weighted by Crippen LogP contribution is 2.21. The number of anilines is 1. The minimum absolute atomic E-state index is 0.197. The second kappa shape index (κ2) is 7.37. The molecule has 0 bridgehead atoms. The van der Waals surface area contributed by atoms with Gasteiger partial charge in [0.25, 0.3) is 5.91 Å². The first-order valence-electron chi connectivity index (χ1n) is 6.46. The van der Waals surface area contributed by atoms with E-state index in [1.807, 2.05) is 6.07 Å². The molecule has 0 saturated carbocycles. The molecule has 0 spiro atoms. The summed E-state index contributed by atoms with van der Waals surface area (Å²) in [6, 6.07) is 7.12. The van der Waals surface area contributed by atoms with E-state index in [0.29, 0.717) is 11.4 Å². The Kier molecular flexibility index (Phi) is 5.83. The van der Waals surface area contributed by atoms with E-state index >= 15 is 0 Å². The maximum absolute atomic E-state index is 11.6. The molecule has 0 saturated heterocycles. The van der Waals surface area contributed by atoms with Crippen LogP contribution in [0.5, 0.6) is 5.75 Å². The molecular weight excluding hydrogens is 274 g/mol. The van der Waals surface area contributed by atoms with Gasteiger partial charge >= 0.3 is 6.09 Å². The van der Waals surface area contributed by atoms with Crippen molar-refractivity contribution in [1.29, 1.82) is 0 Å². The molecule has 1 rings (SSSR count). The maximum Gasteiger partial charge on any atom is 0.408 e. The van der Waals surface area contributed by atoms with Crippen molar-refractivity contribution >= 4 is 17.7 Å². The van der Waals surface area contributed by atoms with Crippen LogP contribution in [0.3, 0.4) is 0 Å². The van der Waals surface area contributed by atoms with E-state index in [-0.39, 0.29) is 6.54 Å². The molecule has 0 unspecified atom stereocenters. The van der Waals surface area contributed by atoms with Gasteiger partial charge in [-0.2, -0.15) is 0 Å². The number of hydrogen-bond acceptors (Lipinski definition) is 5. The summed E-state index contributed by atoms with van der Waals surface area (Å²) < 4.78 is 10.1. The lowest BCUT2D eigenvalue weighted by Gasteiger charge is -2.19. The minimum atomic E-state index is -0.644. The fourth-order valence-electron chi connectivity index (χ4n) is 1.40. The van der Waals surface area contributed by atoms with Crippen molar-refractivity contribution < 1.29 is 19.1 Å². The molecule has 0 aliphatic carbocycles. The van der Waals surface area contributed by atoms with Crippen LogP contribution in [0, 0.1) is 0 Å². The van der Waals surface area contributed by atoms with E-state index in [4.69, 9.17) is 9.47 Å². The van der Waals surface area contributed by atoms with Crippen LogP contribution in [0.25, 0.3) is 0 Å². The third kappa shape index (κ3) is 6.51. The molecule has 7 heteroatoms. The standard InChI is InChI=1S/C14H21N3O4/c1-14(2,3)21-13(19)15-9-12(18)17-16-10-7-5-6-8-11(10)20-4/h5-8,16H,9H2,1-4H3,(H,15,19)(H,17,18). The number of carbonyl (C=O) groups excluding carboxylic acids is 2. The largest absolute Gasteiger partial charge is 0.495 e. The summed E-state index contributed by atoms with van der Waals surface area (Å²) in [5.74, 6) is 0.185. The van der Waals surface area contributed by atoms with Crippen LogP contribution in [0.1, 0.15) is 20.8 Å². The SMILES string of the molecule is COc1ccccc1NNC(=O)CNC(=O)OC(C)(C)C. The smallest absolute Gasteiger partial charge is 0.408 e. The van der Waals surface area contributed by atoms with Crippen molar-refractivity contribution in [2.45, 2.75) is 26.4 Å². The molecule has 0 radical (unpaired) electrons. The molecule has 7 nitrogen and oxygen atoms in total. The van der Waals surface area contributed by atoms with E-state index in [9.17, 15) is 9.59 Å². The normalized spacial score (nSPS) is 10.5. The van der Waals surface area contributed by atoms with Crippen molar-refractivity contribution in [2.75, 3.05) is 19.1 Å². The monoisotopic (exact) mass is 295 g/mol. The van der Waals surface area contributed by atoms with Gasteiger partial charge in [-0.25, -0.2) is 4.79 Å². The highest BCUT2D eigenvalue weighted by Gasteiger charge is 2.16. The number of alkyl carbamates (subject to hydrolysis) is 1. The van der Waals surface area contributed by atoms with Gasteiger partial charge in [0, 0.05) is 0 Å². The lowest BCUT2D eigenvalue weighted by molar-refractivity contribution is -0.119. The van der Waals surface area contributed by atoms with Gasteiger partial charge in [0.2, 0.25) is 0 Å². The van der Waals surface area contributed by atoms with E-state index in [1.165, 1.54) is 7.11 Å². The Morgan fingerprint density at radius 3 is 2.48 bits per heavy atom. The summed E-state index contributed by atoms with van der Waals surface area (Å²) in [4.78, 5) is 23.0. The molecule has 0 atom stereocenters. The van der Waals surface area contributed by atoms with Gasteiger partial charge in [0.05, 0.1) is 12.8 Å². The van der Waals surface area contributed by atoms with Crippen LogP contribution in [0.2, 0.25) is 0 Å². The molecule has 0 heterocycles. The van der Waals surface area contributed by atoms with Crippen molar-refractivity contribution in [3.05, 3.63) is 24.3 Å². The molecule has 0 aliphatic heterocycles. The fraction of sp³-hybridized carbons (Fsp3) is 0.429. The molecule has 0 aliphatic rings. The summed E-state index contributed by atoms with van der Waals surface area (Å²) in [5, 5.41) is 2.36. The van der Waals surface area contributed by atoms with E-state index < -0.39 is 17.6 Å². The number of rotatable bonds is 5. The number of ether oxygens (including phenoxy) is 2. The summed E-state index contributed by atoms with van der Waals surface area (Å²) in [6.45, 7) is 5.04. The molecule has 116 valence electrons. The van der Waals surface area contributed by atoms with Gasteiger partial charge in [-0.15, -0.1) is 0 Å². The molecule has 1 aromatic rings. The van der Waals surface area contributed by atoms with Crippen LogP contribution < -0.4 is 20.9 Å². The van der Waals surface area contributed by atoms with Crippen molar-refractivity contribution in [2.24, 2.45) is 0 Å². The minimum Gasteiger partial charge on any atom is -0.495 e. The third-order valence-electron chi connectivity index (χ3n) is 2.24.